The number of hydrogen-bond donors (Lipinski definition) is 3. The van der Waals surface area contributed by atoms with Gasteiger partial charge in [0.15, 0.2) is 0 Å². The molecule has 2 rings (SSSR count). The van der Waals surface area contributed by atoms with E-state index in [0.717, 1.165) is 32.2 Å². The first-order chi connectivity index (χ1) is 10.2. The molecule has 0 aromatic rings. The van der Waals surface area contributed by atoms with Crippen LogP contribution in [0.15, 0.2) is 12.2 Å². The number of amides is 1. The van der Waals surface area contributed by atoms with E-state index >= 15 is 0 Å². The third-order valence-corrected chi connectivity index (χ3v) is 4.45. The highest BCUT2D eigenvalue weighted by molar-refractivity contribution is 5.82. The molecule has 0 spiro atoms. The van der Waals surface area contributed by atoms with Crippen LogP contribution in [0, 0.1) is 11.8 Å². The summed E-state index contributed by atoms with van der Waals surface area (Å²) in [5.74, 6) is 1.24. The number of carbonyl (C=O) groups is 1. The number of allylic oxidation sites excluding steroid dienone is 2. The fourth-order valence-electron chi connectivity index (χ4n) is 2.90. The molecule has 1 saturated heterocycles. The number of aliphatic hydroxyl groups is 1. The summed E-state index contributed by atoms with van der Waals surface area (Å²) < 4.78 is 5.65. The molecule has 120 valence electrons. The van der Waals surface area contributed by atoms with Gasteiger partial charge in [-0.05, 0) is 37.5 Å². The van der Waals surface area contributed by atoms with Gasteiger partial charge in [0.2, 0.25) is 5.91 Å². The summed E-state index contributed by atoms with van der Waals surface area (Å²) in [5.41, 5.74) is 0. The lowest BCUT2D eigenvalue weighted by molar-refractivity contribution is -0.124. The van der Waals surface area contributed by atoms with Crippen LogP contribution in [-0.4, -0.2) is 49.5 Å². The van der Waals surface area contributed by atoms with E-state index in [1.54, 1.807) is 0 Å². The number of hydrogen-bond acceptors (Lipinski definition) is 4. The molecular weight excluding hydrogens is 268 g/mol. The van der Waals surface area contributed by atoms with E-state index < -0.39 is 6.10 Å². The van der Waals surface area contributed by atoms with Crippen LogP contribution in [0.2, 0.25) is 0 Å². The zero-order valence-corrected chi connectivity index (χ0v) is 12.9. The van der Waals surface area contributed by atoms with E-state index in [0.29, 0.717) is 31.6 Å². The summed E-state index contributed by atoms with van der Waals surface area (Å²) in [6, 6.07) is -0.170. The Morgan fingerprint density at radius 1 is 1.48 bits per heavy atom. The van der Waals surface area contributed by atoms with Gasteiger partial charge in [-0.1, -0.05) is 19.1 Å². The Morgan fingerprint density at radius 3 is 3.05 bits per heavy atom. The molecule has 3 N–H and O–H groups in total. The minimum Gasteiger partial charge on any atom is -0.389 e. The average molecular weight is 296 g/mol. The Kier molecular flexibility index (Phi) is 6.67. The lowest BCUT2D eigenvalue weighted by atomic mass is 9.85. The number of aliphatic hydroxyl groups excluding tert-OH is 1. The maximum Gasteiger partial charge on any atom is 0.237 e. The lowest BCUT2D eigenvalue weighted by Crippen LogP contribution is -2.50. The monoisotopic (exact) mass is 296 g/mol. The summed E-state index contributed by atoms with van der Waals surface area (Å²) in [4.78, 5) is 11.6. The van der Waals surface area contributed by atoms with Crippen LogP contribution in [0.3, 0.4) is 0 Å². The van der Waals surface area contributed by atoms with Gasteiger partial charge in [-0.15, -0.1) is 0 Å². The molecule has 1 fully saturated rings. The Morgan fingerprint density at radius 2 is 2.29 bits per heavy atom. The highest BCUT2D eigenvalue weighted by atomic mass is 16.5. The Bertz CT molecular complexity index is 359. The smallest absolute Gasteiger partial charge is 0.237 e. The third kappa shape index (κ3) is 5.41. The number of nitrogens with one attached hydrogen (secondary N) is 2. The van der Waals surface area contributed by atoms with Crippen molar-refractivity contribution in [1.82, 2.24) is 10.6 Å². The van der Waals surface area contributed by atoms with E-state index in [-0.39, 0.29) is 11.9 Å². The third-order valence-electron chi connectivity index (χ3n) is 4.45. The molecule has 1 aliphatic heterocycles. The van der Waals surface area contributed by atoms with Crippen molar-refractivity contribution in [3.05, 3.63) is 12.2 Å². The van der Waals surface area contributed by atoms with Crippen LogP contribution in [0.1, 0.15) is 32.6 Å². The summed E-state index contributed by atoms with van der Waals surface area (Å²) in [7, 11) is 0. The van der Waals surface area contributed by atoms with E-state index in [4.69, 9.17) is 4.74 Å². The molecule has 4 atom stereocenters. The number of ether oxygens (including phenoxy) is 1. The standard InChI is InChI=1S/C16H28N2O3/c1-12-5-2-3-6-13(12)10-21-11-14(19)9-18-15-7-4-8-17-16(15)20/h2-3,12-15,18-19H,4-11H2,1H3,(H,17,20). The average Bonchev–Trinajstić information content (AvgIpc) is 2.48. The molecule has 0 aromatic carbocycles. The van der Waals surface area contributed by atoms with Gasteiger partial charge in [-0.2, -0.15) is 0 Å². The van der Waals surface area contributed by atoms with Crippen LogP contribution in [0.25, 0.3) is 0 Å². The maximum atomic E-state index is 11.6. The second-order valence-electron chi connectivity index (χ2n) is 6.27. The summed E-state index contributed by atoms with van der Waals surface area (Å²) in [6.45, 7) is 4.44. The molecule has 2 aliphatic rings. The first-order valence-corrected chi connectivity index (χ1v) is 8.08. The first-order valence-electron chi connectivity index (χ1n) is 8.08. The minimum absolute atomic E-state index is 0.0391. The molecule has 5 heteroatoms. The van der Waals surface area contributed by atoms with Crippen LogP contribution >= 0.6 is 0 Å². The van der Waals surface area contributed by atoms with E-state index in [1.165, 1.54) is 0 Å². The molecule has 0 saturated carbocycles. The van der Waals surface area contributed by atoms with Gasteiger partial charge in [-0.25, -0.2) is 0 Å². The summed E-state index contributed by atoms with van der Waals surface area (Å²) >= 11 is 0. The molecule has 1 amide bonds. The quantitative estimate of drug-likeness (QED) is 0.609. The molecule has 1 aliphatic carbocycles. The number of rotatable bonds is 7. The predicted octanol–water partition coefficient (Wildman–Crippen LogP) is 0.834. The largest absolute Gasteiger partial charge is 0.389 e. The highest BCUT2D eigenvalue weighted by Crippen LogP contribution is 2.24. The summed E-state index contributed by atoms with van der Waals surface area (Å²) in [5, 5.41) is 15.9. The van der Waals surface area contributed by atoms with E-state index in [1.807, 2.05) is 0 Å². The van der Waals surface area contributed by atoms with Gasteiger partial charge in [0.25, 0.3) is 0 Å². The molecule has 1 heterocycles. The maximum absolute atomic E-state index is 11.6. The van der Waals surface area contributed by atoms with E-state index in [9.17, 15) is 9.90 Å². The van der Waals surface area contributed by atoms with Crippen molar-refractivity contribution in [2.45, 2.75) is 44.8 Å². The van der Waals surface area contributed by atoms with Gasteiger partial charge < -0.3 is 20.5 Å². The highest BCUT2D eigenvalue weighted by Gasteiger charge is 2.22. The van der Waals surface area contributed by atoms with Crippen LogP contribution in [-0.2, 0) is 9.53 Å². The predicted molar refractivity (Wildman–Crippen MR) is 81.9 cm³/mol. The van der Waals surface area contributed by atoms with Crippen LogP contribution in [0.4, 0.5) is 0 Å². The molecular formula is C16H28N2O3. The summed E-state index contributed by atoms with van der Waals surface area (Å²) in [6.07, 6.45) is 7.90. The molecule has 4 unspecified atom stereocenters. The fraction of sp³-hybridized carbons (Fsp3) is 0.812. The Labute approximate surface area is 127 Å². The van der Waals surface area contributed by atoms with Gasteiger partial charge in [-0.3, -0.25) is 4.79 Å². The van der Waals surface area contributed by atoms with Gasteiger partial charge in [0, 0.05) is 13.1 Å². The fourth-order valence-corrected chi connectivity index (χ4v) is 2.90. The van der Waals surface area contributed by atoms with Gasteiger partial charge in [0.05, 0.1) is 25.4 Å². The zero-order chi connectivity index (χ0) is 15.1. The molecule has 5 nitrogen and oxygen atoms in total. The minimum atomic E-state index is -0.561. The molecule has 21 heavy (non-hydrogen) atoms. The van der Waals surface area contributed by atoms with Crippen molar-refractivity contribution in [2.75, 3.05) is 26.3 Å². The van der Waals surface area contributed by atoms with Crippen molar-refractivity contribution >= 4 is 5.91 Å². The Hall–Kier alpha value is -0.910. The topological polar surface area (TPSA) is 70.6 Å². The van der Waals surface area contributed by atoms with Gasteiger partial charge >= 0.3 is 0 Å². The number of piperidine rings is 1. The molecule has 0 bridgehead atoms. The first kappa shape index (κ1) is 16.5. The second-order valence-corrected chi connectivity index (χ2v) is 6.27. The second kappa shape index (κ2) is 8.51. The van der Waals surface area contributed by atoms with Crippen molar-refractivity contribution in [3.8, 4) is 0 Å². The van der Waals surface area contributed by atoms with Crippen LogP contribution < -0.4 is 10.6 Å². The zero-order valence-electron chi connectivity index (χ0n) is 12.9. The SMILES string of the molecule is CC1CC=CCC1COCC(O)CNC1CCCNC1=O. The van der Waals surface area contributed by atoms with Crippen molar-refractivity contribution in [2.24, 2.45) is 11.8 Å². The van der Waals surface area contributed by atoms with E-state index in [2.05, 4.69) is 29.7 Å². The van der Waals surface area contributed by atoms with Crippen molar-refractivity contribution < 1.29 is 14.6 Å². The van der Waals surface area contributed by atoms with Crippen molar-refractivity contribution in [1.29, 1.82) is 0 Å². The Balaban J connectivity index is 1.58. The molecule has 0 aromatic heterocycles. The van der Waals surface area contributed by atoms with Gasteiger partial charge in [0.1, 0.15) is 0 Å². The van der Waals surface area contributed by atoms with Crippen molar-refractivity contribution in [3.63, 3.8) is 0 Å². The molecule has 0 radical (unpaired) electrons. The lowest BCUT2D eigenvalue weighted by Gasteiger charge is -2.26. The normalized spacial score (nSPS) is 31.0. The number of carbonyl (C=O) groups excluding carboxylic acids is 1. The van der Waals surface area contributed by atoms with Crippen LogP contribution in [0.5, 0.6) is 0 Å².